The summed E-state index contributed by atoms with van der Waals surface area (Å²) >= 11 is 1.43. The number of ether oxygens (including phenoxy) is 1. The molecule has 4 aromatic rings. The van der Waals surface area contributed by atoms with Crippen LogP contribution in [0.25, 0.3) is 10.2 Å². The Morgan fingerprint density at radius 1 is 1.33 bits per heavy atom. The maximum absolute atomic E-state index is 13.2. The van der Waals surface area contributed by atoms with E-state index in [0.717, 1.165) is 21.7 Å². The van der Waals surface area contributed by atoms with Crippen molar-refractivity contribution in [3.8, 4) is 5.75 Å². The Hall–Kier alpha value is -3.13. The van der Waals surface area contributed by atoms with Gasteiger partial charge in [-0.3, -0.25) is 14.4 Å². The molecule has 0 unspecified atom stereocenters. The fourth-order valence-electron chi connectivity index (χ4n) is 2.72. The van der Waals surface area contributed by atoms with Crippen LogP contribution in [0.5, 0.6) is 5.75 Å². The van der Waals surface area contributed by atoms with Gasteiger partial charge in [0.15, 0.2) is 10.8 Å². The van der Waals surface area contributed by atoms with Crippen LogP contribution in [-0.2, 0) is 13.6 Å². The molecule has 0 saturated heterocycles. The largest absolute Gasteiger partial charge is 0.497 e. The Morgan fingerprint density at radius 2 is 2.19 bits per heavy atom. The number of benzene rings is 1. The van der Waals surface area contributed by atoms with Gasteiger partial charge in [0.1, 0.15) is 11.5 Å². The summed E-state index contributed by atoms with van der Waals surface area (Å²) < 4.78 is 13.4. The minimum Gasteiger partial charge on any atom is -0.497 e. The van der Waals surface area contributed by atoms with Crippen LogP contribution in [0.15, 0.2) is 47.1 Å². The molecule has 0 aliphatic rings. The standard InChI is InChI=1S/C19H18N4O3S/c1-12-9-16(21-22(12)2)18(24)23(11-14-5-4-8-26-14)19-20-15-7-6-13(25-3)10-17(15)27-19/h4-10H,11H2,1-3H3. The van der Waals surface area contributed by atoms with Crippen molar-refractivity contribution in [2.45, 2.75) is 13.5 Å². The highest BCUT2D eigenvalue weighted by Gasteiger charge is 2.25. The predicted octanol–water partition coefficient (Wildman–Crippen LogP) is 3.79. The minimum absolute atomic E-state index is 0.221. The maximum atomic E-state index is 13.2. The van der Waals surface area contributed by atoms with Gasteiger partial charge in [0.2, 0.25) is 0 Å². The Morgan fingerprint density at radius 3 is 2.85 bits per heavy atom. The number of aryl methyl sites for hydroxylation is 2. The second-order valence-corrected chi connectivity index (χ2v) is 7.10. The normalized spacial score (nSPS) is 11.1. The lowest BCUT2D eigenvalue weighted by Crippen LogP contribution is -2.30. The molecule has 0 spiro atoms. The smallest absolute Gasteiger partial charge is 0.280 e. The molecule has 0 bridgehead atoms. The first-order valence-corrected chi connectivity index (χ1v) is 9.16. The number of hydrogen-bond donors (Lipinski definition) is 0. The van der Waals surface area contributed by atoms with E-state index in [2.05, 4.69) is 10.1 Å². The van der Waals surface area contributed by atoms with Crippen LogP contribution in [-0.4, -0.2) is 27.8 Å². The fourth-order valence-corrected chi connectivity index (χ4v) is 3.71. The van der Waals surface area contributed by atoms with Gasteiger partial charge < -0.3 is 9.15 Å². The van der Waals surface area contributed by atoms with Crippen LogP contribution < -0.4 is 9.64 Å². The second kappa shape index (κ2) is 6.88. The van der Waals surface area contributed by atoms with Crippen LogP contribution in [0, 0.1) is 6.92 Å². The van der Waals surface area contributed by atoms with Crippen molar-refractivity contribution < 1.29 is 13.9 Å². The quantitative estimate of drug-likeness (QED) is 0.525. The average molecular weight is 382 g/mol. The molecule has 0 radical (unpaired) electrons. The van der Waals surface area contributed by atoms with Gasteiger partial charge in [0.25, 0.3) is 5.91 Å². The third kappa shape index (κ3) is 3.31. The summed E-state index contributed by atoms with van der Waals surface area (Å²) in [5.41, 5.74) is 2.09. The summed E-state index contributed by atoms with van der Waals surface area (Å²) in [5.74, 6) is 1.20. The number of carbonyl (C=O) groups is 1. The van der Waals surface area contributed by atoms with Gasteiger partial charge in [-0.1, -0.05) is 11.3 Å². The number of fused-ring (bicyclic) bond motifs is 1. The van der Waals surface area contributed by atoms with Crippen molar-refractivity contribution in [2.24, 2.45) is 7.05 Å². The van der Waals surface area contributed by atoms with E-state index >= 15 is 0 Å². The highest BCUT2D eigenvalue weighted by molar-refractivity contribution is 7.22. The molecule has 8 heteroatoms. The summed E-state index contributed by atoms with van der Waals surface area (Å²) in [6, 6.07) is 11.1. The fraction of sp³-hybridized carbons (Fsp3) is 0.211. The molecule has 0 N–H and O–H groups in total. The van der Waals surface area contributed by atoms with E-state index in [0.29, 0.717) is 16.6 Å². The summed E-state index contributed by atoms with van der Waals surface area (Å²) in [6.45, 7) is 2.18. The minimum atomic E-state index is -0.221. The van der Waals surface area contributed by atoms with Crippen molar-refractivity contribution in [1.82, 2.24) is 14.8 Å². The van der Waals surface area contributed by atoms with Gasteiger partial charge in [0.05, 0.1) is 30.1 Å². The molecular weight excluding hydrogens is 364 g/mol. The number of methoxy groups -OCH3 is 1. The number of furan rings is 1. The Kier molecular flexibility index (Phi) is 4.41. The van der Waals surface area contributed by atoms with E-state index in [1.807, 2.05) is 38.2 Å². The Balaban J connectivity index is 1.76. The number of hydrogen-bond acceptors (Lipinski definition) is 6. The van der Waals surface area contributed by atoms with Gasteiger partial charge in [-0.15, -0.1) is 0 Å². The lowest BCUT2D eigenvalue weighted by molar-refractivity contribution is 0.0977. The lowest BCUT2D eigenvalue weighted by Gasteiger charge is -2.17. The van der Waals surface area contributed by atoms with E-state index in [1.54, 1.807) is 35.1 Å². The number of nitrogens with zero attached hydrogens (tertiary/aromatic N) is 4. The topological polar surface area (TPSA) is 73.4 Å². The predicted molar refractivity (Wildman–Crippen MR) is 103 cm³/mol. The molecule has 0 aliphatic heterocycles. The van der Waals surface area contributed by atoms with Crippen molar-refractivity contribution in [2.75, 3.05) is 12.0 Å². The first kappa shape index (κ1) is 17.3. The number of thiazole rings is 1. The zero-order chi connectivity index (χ0) is 19.0. The van der Waals surface area contributed by atoms with E-state index < -0.39 is 0 Å². The van der Waals surface area contributed by atoms with Crippen LogP contribution in [0.1, 0.15) is 21.9 Å². The monoisotopic (exact) mass is 382 g/mol. The highest BCUT2D eigenvalue weighted by atomic mass is 32.1. The highest BCUT2D eigenvalue weighted by Crippen LogP contribution is 2.33. The van der Waals surface area contributed by atoms with E-state index in [1.165, 1.54) is 11.3 Å². The summed E-state index contributed by atoms with van der Waals surface area (Å²) in [6.07, 6.45) is 1.59. The van der Waals surface area contributed by atoms with Crippen LogP contribution >= 0.6 is 11.3 Å². The first-order chi connectivity index (χ1) is 13.0. The molecule has 3 aromatic heterocycles. The first-order valence-electron chi connectivity index (χ1n) is 8.34. The third-order valence-electron chi connectivity index (χ3n) is 4.29. The molecular formula is C19H18N4O3S. The molecule has 0 saturated carbocycles. The Bertz CT molecular complexity index is 1080. The number of rotatable bonds is 5. The molecule has 3 heterocycles. The third-order valence-corrected chi connectivity index (χ3v) is 5.33. The van der Waals surface area contributed by atoms with Gasteiger partial charge in [-0.25, -0.2) is 4.98 Å². The molecule has 138 valence electrons. The van der Waals surface area contributed by atoms with Gasteiger partial charge in [-0.2, -0.15) is 5.10 Å². The maximum Gasteiger partial charge on any atom is 0.280 e. The SMILES string of the molecule is COc1ccc2nc(N(Cc3ccco3)C(=O)c3cc(C)n(C)n3)sc2c1. The molecule has 1 amide bonds. The number of anilines is 1. The molecule has 1 aromatic carbocycles. The molecule has 0 fully saturated rings. The van der Waals surface area contributed by atoms with E-state index in [9.17, 15) is 4.79 Å². The average Bonchev–Trinajstić information content (AvgIpc) is 3.39. The molecule has 0 atom stereocenters. The second-order valence-electron chi connectivity index (χ2n) is 6.10. The molecule has 27 heavy (non-hydrogen) atoms. The zero-order valence-electron chi connectivity index (χ0n) is 15.2. The van der Waals surface area contributed by atoms with E-state index in [4.69, 9.17) is 9.15 Å². The molecule has 4 rings (SSSR count). The molecule has 7 nitrogen and oxygen atoms in total. The van der Waals surface area contributed by atoms with Gasteiger partial charge >= 0.3 is 0 Å². The summed E-state index contributed by atoms with van der Waals surface area (Å²) in [7, 11) is 3.44. The van der Waals surface area contributed by atoms with Gasteiger partial charge in [-0.05, 0) is 43.3 Å². The molecule has 0 aliphatic carbocycles. The van der Waals surface area contributed by atoms with Crippen molar-refractivity contribution in [3.63, 3.8) is 0 Å². The van der Waals surface area contributed by atoms with Crippen LogP contribution in [0.3, 0.4) is 0 Å². The number of amides is 1. The number of aromatic nitrogens is 3. The lowest BCUT2D eigenvalue weighted by atomic mass is 10.3. The van der Waals surface area contributed by atoms with Crippen LogP contribution in [0.2, 0.25) is 0 Å². The van der Waals surface area contributed by atoms with E-state index in [-0.39, 0.29) is 12.5 Å². The summed E-state index contributed by atoms with van der Waals surface area (Å²) in [5, 5.41) is 4.90. The van der Waals surface area contributed by atoms with Gasteiger partial charge in [0, 0.05) is 12.7 Å². The Labute approximate surface area is 159 Å². The van der Waals surface area contributed by atoms with Crippen molar-refractivity contribution in [1.29, 1.82) is 0 Å². The van der Waals surface area contributed by atoms with Crippen molar-refractivity contribution >= 4 is 32.6 Å². The number of carbonyl (C=O) groups excluding carboxylic acids is 1. The van der Waals surface area contributed by atoms with Crippen molar-refractivity contribution in [3.05, 3.63) is 59.8 Å². The zero-order valence-corrected chi connectivity index (χ0v) is 16.0. The van der Waals surface area contributed by atoms with Crippen LogP contribution in [0.4, 0.5) is 5.13 Å². The summed E-state index contributed by atoms with van der Waals surface area (Å²) in [4.78, 5) is 19.4.